The van der Waals surface area contributed by atoms with Crippen LogP contribution in [-0.2, 0) is 9.53 Å². The highest BCUT2D eigenvalue weighted by Crippen LogP contribution is 2.41. The zero-order valence-electron chi connectivity index (χ0n) is 17.9. The van der Waals surface area contributed by atoms with Crippen LogP contribution in [0.1, 0.15) is 36.7 Å². The minimum Gasteiger partial charge on any atom is -0.459 e. The molecular weight excluding hydrogens is 449 g/mol. The van der Waals surface area contributed by atoms with E-state index in [0.29, 0.717) is 15.7 Å². The summed E-state index contributed by atoms with van der Waals surface area (Å²) in [5.74, 6) is -0.624. The molecule has 1 amide bonds. The van der Waals surface area contributed by atoms with Crippen molar-refractivity contribution in [2.45, 2.75) is 26.2 Å². The van der Waals surface area contributed by atoms with Crippen molar-refractivity contribution in [1.82, 2.24) is 9.88 Å². The molecule has 2 heterocycles. The number of aromatic nitrogens is 1. The minimum atomic E-state index is -0.455. The number of rotatable bonds is 6. The van der Waals surface area contributed by atoms with Crippen LogP contribution in [0.15, 0.2) is 42.5 Å². The lowest BCUT2D eigenvalue weighted by Crippen LogP contribution is -2.31. The van der Waals surface area contributed by atoms with Crippen LogP contribution < -0.4 is 10.2 Å². The smallest absolute Gasteiger partial charge is 0.357 e. The average molecular weight is 474 g/mol. The minimum absolute atomic E-state index is 0.0790. The average Bonchev–Trinajstić information content (AvgIpc) is 3.12. The first-order valence-corrected chi connectivity index (χ1v) is 11.5. The molecule has 1 aliphatic heterocycles. The monoisotopic (exact) mass is 473 g/mol. The third kappa shape index (κ3) is 4.57. The molecule has 0 radical (unpaired) electrons. The van der Waals surface area contributed by atoms with Crippen LogP contribution in [0.2, 0.25) is 10.0 Å². The van der Waals surface area contributed by atoms with Gasteiger partial charge in [0.25, 0.3) is 0 Å². The van der Waals surface area contributed by atoms with Crippen molar-refractivity contribution in [2.24, 2.45) is 0 Å². The summed E-state index contributed by atoms with van der Waals surface area (Å²) in [4.78, 5) is 26.8. The van der Waals surface area contributed by atoms with E-state index in [1.165, 1.54) is 6.92 Å². The number of hydrogen-bond acceptors (Lipinski definition) is 4. The van der Waals surface area contributed by atoms with E-state index in [0.717, 1.165) is 54.6 Å². The molecule has 0 spiro atoms. The summed E-state index contributed by atoms with van der Waals surface area (Å²) in [7, 11) is 0. The number of carbonyl (C=O) groups is 2. The number of esters is 1. The van der Waals surface area contributed by atoms with Gasteiger partial charge in [-0.2, -0.15) is 0 Å². The molecule has 2 aromatic carbocycles. The van der Waals surface area contributed by atoms with Gasteiger partial charge in [-0.15, -0.1) is 0 Å². The van der Waals surface area contributed by atoms with Crippen molar-refractivity contribution in [1.29, 1.82) is 0 Å². The molecule has 1 fully saturated rings. The topological polar surface area (TPSA) is 63.6 Å². The van der Waals surface area contributed by atoms with Crippen molar-refractivity contribution in [2.75, 3.05) is 31.1 Å². The molecule has 1 saturated heterocycles. The highest BCUT2D eigenvalue weighted by atomic mass is 35.5. The molecule has 0 saturated carbocycles. The fraction of sp³-hybridized carbons (Fsp3) is 0.333. The number of ether oxygens (including phenoxy) is 1. The standard InChI is InChI=1S/C24H25Cl2N3O3/c1-16(30)27-10-13-32-24(31)23-22(28-11-6-3-7-12-28)18-14-19(25)20(26)15-21(18)29(23)17-8-4-2-5-9-17/h2,4-5,8-9,14-15H,3,6-7,10-13H2,1H3,(H,27,30). The van der Waals surface area contributed by atoms with Crippen LogP contribution in [0, 0.1) is 0 Å². The Hall–Kier alpha value is -2.70. The number of halogens is 2. The van der Waals surface area contributed by atoms with Crippen LogP contribution in [0.3, 0.4) is 0 Å². The predicted molar refractivity (Wildman–Crippen MR) is 128 cm³/mol. The van der Waals surface area contributed by atoms with Crippen LogP contribution in [0.25, 0.3) is 16.6 Å². The Morgan fingerprint density at radius 1 is 1.03 bits per heavy atom. The summed E-state index contributed by atoms with van der Waals surface area (Å²) < 4.78 is 7.49. The Balaban J connectivity index is 1.89. The van der Waals surface area contributed by atoms with Gasteiger partial charge in [0.15, 0.2) is 5.69 Å². The third-order valence-corrected chi connectivity index (χ3v) is 6.29. The number of anilines is 1. The normalized spacial score (nSPS) is 13.9. The molecule has 168 valence electrons. The molecule has 32 heavy (non-hydrogen) atoms. The molecule has 4 rings (SSSR count). The van der Waals surface area contributed by atoms with E-state index in [2.05, 4.69) is 10.2 Å². The summed E-state index contributed by atoms with van der Waals surface area (Å²) in [6.07, 6.45) is 3.27. The van der Waals surface area contributed by atoms with Gasteiger partial charge in [0.2, 0.25) is 5.91 Å². The quantitative estimate of drug-likeness (QED) is 0.393. The highest BCUT2D eigenvalue weighted by molar-refractivity contribution is 6.43. The second-order valence-electron chi connectivity index (χ2n) is 7.82. The van der Waals surface area contributed by atoms with E-state index in [-0.39, 0.29) is 19.1 Å². The number of carbonyl (C=O) groups excluding carboxylic acids is 2. The maximum absolute atomic E-state index is 13.4. The van der Waals surface area contributed by atoms with Crippen molar-refractivity contribution in [3.63, 3.8) is 0 Å². The van der Waals surface area contributed by atoms with Gasteiger partial charge >= 0.3 is 5.97 Å². The SMILES string of the molecule is CC(=O)NCCOC(=O)c1c(N2CCCCC2)c2cc(Cl)c(Cl)cc2n1-c1ccccc1. The molecule has 0 aliphatic carbocycles. The van der Waals surface area contributed by atoms with Crippen LogP contribution in [-0.4, -0.2) is 42.7 Å². The van der Waals surface area contributed by atoms with Crippen LogP contribution in [0.4, 0.5) is 5.69 Å². The number of nitrogens with zero attached hydrogens (tertiary/aromatic N) is 2. The Labute approximate surface area is 197 Å². The van der Waals surface area contributed by atoms with E-state index in [1.807, 2.05) is 41.0 Å². The van der Waals surface area contributed by atoms with Gasteiger partial charge in [0.05, 0.1) is 27.8 Å². The zero-order valence-corrected chi connectivity index (χ0v) is 19.4. The summed E-state index contributed by atoms with van der Waals surface area (Å²) in [6, 6.07) is 13.3. The second-order valence-corrected chi connectivity index (χ2v) is 8.63. The maximum Gasteiger partial charge on any atom is 0.357 e. The Morgan fingerprint density at radius 3 is 2.41 bits per heavy atom. The number of fused-ring (bicyclic) bond motifs is 1. The maximum atomic E-state index is 13.4. The summed E-state index contributed by atoms with van der Waals surface area (Å²) in [6.45, 7) is 3.46. The molecular formula is C24H25Cl2N3O3. The number of hydrogen-bond donors (Lipinski definition) is 1. The number of piperidine rings is 1. The number of nitrogens with one attached hydrogen (secondary N) is 1. The van der Waals surface area contributed by atoms with Gasteiger partial charge in [0.1, 0.15) is 6.61 Å². The van der Waals surface area contributed by atoms with Gasteiger partial charge in [-0.3, -0.25) is 4.79 Å². The summed E-state index contributed by atoms with van der Waals surface area (Å²) in [5, 5.41) is 4.37. The molecule has 6 nitrogen and oxygen atoms in total. The molecule has 8 heteroatoms. The Bertz CT molecular complexity index is 1140. The van der Waals surface area contributed by atoms with Crippen molar-refractivity contribution in [3.8, 4) is 5.69 Å². The van der Waals surface area contributed by atoms with Gasteiger partial charge in [0, 0.05) is 31.1 Å². The first-order valence-electron chi connectivity index (χ1n) is 10.7. The summed E-state index contributed by atoms with van der Waals surface area (Å²) in [5.41, 5.74) is 2.87. The number of amides is 1. The predicted octanol–water partition coefficient (Wildman–Crippen LogP) is 5.22. The molecule has 1 N–H and O–H groups in total. The first-order chi connectivity index (χ1) is 15.5. The third-order valence-electron chi connectivity index (χ3n) is 5.57. The first kappa shape index (κ1) is 22.5. The van der Waals surface area contributed by atoms with E-state index in [9.17, 15) is 9.59 Å². The Kier molecular flexibility index (Phi) is 6.92. The Morgan fingerprint density at radius 2 is 1.72 bits per heavy atom. The highest BCUT2D eigenvalue weighted by Gasteiger charge is 2.30. The van der Waals surface area contributed by atoms with Crippen LogP contribution in [0.5, 0.6) is 0 Å². The zero-order chi connectivity index (χ0) is 22.7. The fourth-order valence-corrected chi connectivity index (χ4v) is 4.50. The largest absolute Gasteiger partial charge is 0.459 e. The van der Waals surface area contributed by atoms with Gasteiger partial charge < -0.3 is 19.5 Å². The van der Waals surface area contributed by atoms with E-state index >= 15 is 0 Å². The molecule has 1 aliphatic rings. The van der Waals surface area contributed by atoms with E-state index in [1.54, 1.807) is 6.07 Å². The summed E-state index contributed by atoms with van der Waals surface area (Å²) >= 11 is 12.8. The number of para-hydroxylation sites is 1. The van der Waals surface area contributed by atoms with E-state index < -0.39 is 5.97 Å². The van der Waals surface area contributed by atoms with Gasteiger partial charge in [-0.1, -0.05) is 41.4 Å². The van der Waals surface area contributed by atoms with Crippen molar-refractivity contribution < 1.29 is 14.3 Å². The van der Waals surface area contributed by atoms with Crippen molar-refractivity contribution in [3.05, 3.63) is 58.2 Å². The lowest BCUT2D eigenvalue weighted by atomic mass is 10.1. The molecule has 3 aromatic rings. The van der Waals surface area contributed by atoms with Crippen LogP contribution >= 0.6 is 23.2 Å². The molecule has 0 atom stereocenters. The van der Waals surface area contributed by atoms with Crippen molar-refractivity contribution >= 4 is 51.7 Å². The van der Waals surface area contributed by atoms with Gasteiger partial charge in [-0.05, 0) is 43.5 Å². The van der Waals surface area contributed by atoms with E-state index in [4.69, 9.17) is 27.9 Å². The lowest BCUT2D eigenvalue weighted by molar-refractivity contribution is -0.119. The van der Waals surface area contributed by atoms with Gasteiger partial charge in [-0.25, -0.2) is 4.79 Å². The number of benzene rings is 2. The fourth-order valence-electron chi connectivity index (χ4n) is 4.17. The molecule has 1 aromatic heterocycles. The lowest BCUT2D eigenvalue weighted by Gasteiger charge is -2.29. The second kappa shape index (κ2) is 9.84. The molecule has 0 unspecified atom stereocenters. The molecule has 0 bridgehead atoms.